The van der Waals surface area contributed by atoms with Gasteiger partial charge < -0.3 is 5.48 Å². The van der Waals surface area contributed by atoms with Gasteiger partial charge in [-0.1, -0.05) is 35.3 Å². The van der Waals surface area contributed by atoms with Crippen LogP contribution in [0.2, 0.25) is 0 Å². The minimum Gasteiger partial charge on any atom is -0.412 e. The summed E-state index contributed by atoms with van der Waals surface area (Å²) in [6.45, 7) is 0. The molecular formula is C21H20N6OS3. The van der Waals surface area contributed by atoms with E-state index in [0.717, 1.165) is 32.7 Å². The summed E-state index contributed by atoms with van der Waals surface area (Å²) in [5, 5.41) is 2.20. The fourth-order valence-corrected chi connectivity index (χ4v) is 4.94. The number of nitrogens with zero attached hydrogens (tertiary/aromatic N) is 6. The fraction of sp³-hybridized carbons (Fsp3) is 0.143. The molecule has 0 fully saturated rings. The predicted molar refractivity (Wildman–Crippen MR) is 125 cm³/mol. The van der Waals surface area contributed by atoms with Crippen molar-refractivity contribution in [1.82, 2.24) is 29.9 Å². The number of aromatic nitrogens is 6. The van der Waals surface area contributed by atoms with Crippen molar-refractivity contribution in [3.05, 3.63) is 90.3 Å². The first kappa shape index (κ1) is 23.1. The van der Waals surface area contributed by atoms with Gasteiger partial charge in [-0.25, -0.2) is 0 Å². The molecule has 4 rings (SSSR count). The number of hydrogen-bond donors (Lipinski definition) is 0. The number of hydrogen-bond acceptors (Lipinski definition) is 9. The highest BCUT2D eigenvalue weighted by Gasteiger charge is 2.10. The highest BCUT2D eigenvalue weighted by atomic mass is 32.2. The molecule has 0 aromatic carbocycles. The molecule has 0 aliphatic carbocycles. The van der Waals surface area contributed by atoms with E-state index < -0.39 is 0 Å². The van der Waals surface area contributed by atoms with E-state index in [4.69, 9.17) is 0 Å². The van der Waals surface area contributed by atoms with Crippen LogP contribution in [0.4, 0.5) is 0 Å². The van der Waals surface area contributed by atoms with Crippen LogP contribution < -0.4 is 0 Å². The SMILES string of the molecule is O.c1cc(CSc2nc(SCc3ccncc3)nc(SCc3ccncc3)n2)ccn1. The Labute approximate surface area is 193 Å². The van der Waals surface area contributed by atoms with Crippen LogP contribution in [-0.4, -0.2) is 35.4 Å². The quantitative estimate of drug-likeness (QED) is 0.335. The molecule has 4 heterocycles. The van der Waals surface area contributed by atoms with E-state index in [1.54, 1.807) is 72.5 Å². The minimum atomic E-state index is 0. The van der Waals surface area contributed by atoms with Gasteiger partial charge in [-0.05, 0) is 53.1 Å². The van der Waals surface area contributed by atoms with E-state index >= 15 is 0 Å². The second-order valence-electron chi connectivity index (χ2n) is 6.12. The zero-order valence-electron chi connectivity index (χ0n) is 16.5. The molecule has 4 aromatic heterocycles. The maximum absolute atomic E-state index is 4.67. The molecule has 0 bridgehead atoms. The molecule has 31 heavy (non-hydrogen) atoms. The van der Waals surface area contributed by atoms with Crippen molar-refractivity contribution in [3.63, 3.8) is 0 Å². The van der Waals surface area contributed by atoms with E-state index in [9.17, 15) is 0 Å². The van der Waals surface area contributed by atoms with Gasteiger partial charge in [0.2, 0.25) is 0 Å². The molecule has 7 nitrogen and oxygen atoms in total. The van der Waals surface area contributed by atoms with Crippen molar-refractivity contribution in [2.45, 2.75) is 32.7 Å². The van der Waals surface area contributed by atoms with Crippen LogP contribution >= 0.6 is 35.3 Å². The molecule has 0 amide bonds. The lowest BCUT2D eigenvalue weighted by Crippen LogP contribution is -1.98. The third-order valence-corrected chi connectivity index (χ3v) is 6.68. The molecule has 0 saturated carbocycles. The smallest absolute Gasteiger partial charge is 0.192 e. The zero-order chi connectivity index (χ0) is 20.4. The Kier molecular flexibility index (Phi) is 9.22. The lowest BCUT2D eigenvalue weighted by molar-refractivity contribution is 0.717. The van der Waals surface area contributed by atoms with E-state index in [2.05, 4.69) is 29.9 Å². The molecule has 0 atom stereocenters. The average molecular weight is 469 g/mol. The Balaban J connectivity index is 0.00000272. The Bertz CT molecular complexity index is 909. The van der Waals surface area contributed by atoms with Gasteiger partial charge in [-0.3, -0.25) is 15.0 Å². The molecule has 10 heteroatoms. The summed E-state index contributed by atoms with van der Waals surface area (Å²) in [5.41, 5.74) is 3.56. The van der Waals surface area contributed by atoms with Gasteiger partial charge in [0, 0.05) is 54.4 Å². The van der Waals surface area contributed by atoms with Crippen LogP contribution in [0.3, 0.4) is 0 Å². The van der Waals surface area contributed by atoms with Gasteiger partial charge in [0.15, 0.2) is 15.5 Å². The predicted octanol–water partition coefficient (Wildman–Crippen LogP) is 4.11. The molecule has 0 unspecified atom stereocenters. The van der Waals surface area contributed by atoms with E-state index in [1.807, 2.05) is 36.4 Å². The van der Waals surface area contributed by atoms with Gasteiger partial charge in [-0.2, -0.15) is 15.0 Å². The maximum Gasteiger partial charge on any atom is 0.192 e. The summed E-state index contributed by atoms with van der Waals surface area (Å²) in [6.07, 6.45) is 10.8. The molecular weight excluding hydrogens is 448 g/mol. The standard InChI is InChI=1S/C21H18N6S3.H2O/c1-7-22-8-2-16(1)13-28-19-25-20(29-14-17-3-9-23-10-4-17)27-21(26-19)30-15-18-5-11-24-12-6-18;/h1-12H,13-15H2;1H2. The van der Waals surface area contributed by atoms with Crippen molar-refractivity contribution in [3.8, 4) is 0 Å². The van der Waals surface area contributed by atoms with Crippen molar-refractivity contribution >= 4 is 35.3 Å². The summed E-state index contributed by atoms with van der Waals surface area (Å²) < 4.78 is 0. The summed E-state index contributed by atoms with van der Waals surface area (Å²) in [7, 11) is 0. The molecule has 0 radical (unpaired) electrons. The van der Waals surface area contributed by atoms with Crippen molar-refractivity contribution in [1.29, 1.82) is 0 Å². The van der Waals surface area contributed by atoms with E-state index in [1.165, 1.54) is 16.7 Å². The summed E-state index contributed by atoms with van der Waals surface area (Å²) in [4.78, 5) is 26.2. The van der Waals surface area contributed by atoms with Gasteiger partial charge in [0.05, 0.1) is 0 Å². The molecule has 0 aliphatic rings. The molecule has 158 valence electrons. The van der Waals surface area contributed by atoms with E-state index in [-0.39, 0.29) is 5.48 Å². The topological polar surface area (TPSA) is 109 Å². The Morgan fingerprint density at radius 1 is 0.452 bits per heavy atom. The monoisotopic (exact) mass is 468 g/mol. The lowest BCUT2D eigenvalue weighted by atomic mass is 10.3. The van der Waals surface area contributed by atoms with Gasteiger partial charge in [0.25, 0.3) is 0 Å². The number of rotatable bonds is 9. The van der Waals surface area contributed by atoms with Gasteiger partial charge in [0.1, 0.15) is 0 Å². The van der Waals surface area contributed by atoms with Gasteiger partial charge >= 0.3 is 0 Å². The van der Waals surface area contributed by atoms with Crippen LogP contribution in [-0.2, 0) is 17.3 Å². The lowest BCUT2D eigenvalue weighted by Gasteiger charge is -2.07. The van der Waals surface area contributed by atoms with Crippen LogP contribution in [0.1, 0.15) is 16.7 Å². The first-order valence-electron chi connectivity index (χ1n) is 9.16. The molecule has 0 saturated heterocycles. The second-order valence-corrected chi connectivity index (χ2v) is 8.94. The second kappa shape index (κ2) is 12.4. The van der Waals surface area contributed by atoms with Crippen molar-refractivity contribution in [2.75, 3.05) is 0 Å². The Hall–Kier alpha value is -2.53. The minimum absolute atomic E-state index is 0. The first-order chi connectivity index (χ1) is 14.8. The largest absolute Gasteiger partial charge is 0.412 e. The van der Waals surface area contributed by atoms with Crippen LogP contribution in [0.15, 0.2) is 89.0 Å². The third kappa shape index (κ3) is 7.59. The summed E-state index contributed by atoms with van der Waals surface area (Å²) in [5.74, 6) is 2.36. The Morgan fingerprint density at radius 3 is 0.968 bits per heavy atom. The van der Waals surface area contributed by atoms with Crippen LogP contribution in [0, 0.1) is 0 Å². The van der Waals surface area contributed by atoms with E-state index in [0.29, 0.717) is 0 Å². The average Bonchev–Trinajstić information content (AvgIpc) is 2.82. The van der Waals surface area contributed by atoms with Crippen molar-refractivity contribution < 1.29 is 5.48 Å². The van der Waals surface area contributed by atoms with Crippen molar-refractivity contribution in [2.24, 2.45) is 0 Å². The maximum atomic E-state index is 4.67. The van der Waals surface area contributed by atoms with Gasteiger partial charge in [-0.15, -0.1) is 0 Å². The molecule has 0 aliphatic heterocycles. The fourth-order valence-electron chi connectivity index (χ4n) is 2.39. The summed E-state index contributed by atoms with van der Waals surface area (Å²) in [6, 6.07) is 12.0. The highest BCUT2D eigenvalue weighted by Crippen LogP contribution is 2.27. The normalized spacial score (nSPS) is 10.5. The number of pyridine rings is 3. The Morgan fingerprint density at radius 2 is 0.710 bits per heavy atom. The zero-order valence-corrected chi connectivity index (χ0v) is 18.9. The highest BCUT2D eigenvalue weighted by molar-refractivity contribution is 7.99. The third-order valence-electron chi connectivity index (χ3n) is 3.93. The van der Waals surface area contributed by atoms with Crippen LogP contribution in [0.25, 0.3) is 0 Å². The number of thioether (sulfide) groups is 3. The molecule has 4 aromatic rings. The molecule has 2 N–H and O–H groups in total. The first-order valence-corrected chi connectivity index (χ1v) is 12.1. The van der Waals surface area contributed by atoms with Crippen LogP contribution in [0.5, 0.6) is 0 Å². The molecule has 0 spiro atoms. The summed E-state index contributed by atoms with van der Waals surface area (Å²) >= 11 is 4.83.